The van der Waals surface area contributed by atoms with Crippen molar-refractivity contribution in [3.63, 3.8) is 0 Å². The lowest BCUT2D eigenvalue weighted by Crippen LogP contribution is -2.14. The quantitative estimate of drug-likeness (QED) is 0.110. The van der Waals surface area contributed by atoms with Crippen LogP contribution >= 0.6 is 17.9 Å². The van der Waals surface area contributed by atoms with Crippen molar-refractivity contribution in [1.82, 2.24) is 0 Å². The van der Waals surface area contributed by atoms with Crippen molar-refractivity contribution in [3.05, 3.63) is 0 Å². The van der Waals surface area contributed by atoms with Gasteiger partial charge in [0.2, 0.25) is 5.69 Å². The zero-order valence-electron chi connectivity index (χ0n) is 19.3. The van der Waals surface area contributed by atoms with E-state index >= 15 is 0 Å². The van der Waals surface area contributed by atoms with Gasteiger partial charge in [-0.05, 0) is 31.1 Å². The lowest BCUT2D eigenvalue weighted by atomic mass is 9.98. The Labute approximate surface area is 193 Å². The Morgan fingerprint density at radius 1 is 0.690 bits per heavy atom. The number of hydrogen-bond donors (Lipinski definition) is 1. The topological polar surface area (TPSA) is 18.5 Å². The lowest BCUT2D eigenvalue weighted by Gasteiger charge is -2.26. The lowest BCUT2D eigenvalue weighted by molar-refractivity contribution is 0.146. The Bertz CT molecular complexity index is 400. The van der Waals surface area contributed by atoms with Gasteiger partial charge in [-0.3, -0.25) is 0 Å². The SMILES string of the molecule is CCCCCCCCCCCCCCCCCCOP(=S)(S)OC1CCCCC1. The van der Waals surface area contributed by atoms with Crippen LogP contribution in [0.1, 0.15) is 142 Å². The summed E-state index contributed by atoms with van der Waals surface area (Å²) in [4.78, 5) is 0. The van der Waals surface area contributed by atoms with Gasteiger partial charge in [-0.2, -0.15) is 0 Å². The van der Waals surface area contributed by atoms with E-state index < -0.39 is 5.69 Å². The third kappa shape index (κ3) is 18.2. The second kappa shape index (κ2) is 19.6. The van der Waals surface area contributed by atoms with Crippen LogP contribution < -0.4 is 0 Å². The Kier molecular flexibility index (Phi) is 18.9. The van der Waals surface area contributed by atoms with Crippen molar-refractivity contribution in [2.45, 2.75) is 148 Å². The van der Waals surface area contributed by atoms with E-state index in [4.69, 9.17) is 20.9 Å². The predicted molar refractivity (Wildman–Crippen MR) is 137 cm³/mol. The monoisotopic (exact) mass is 464 g/mol. The number of unbranched alkanes of at least 4 members (excludes halogenated alkanes) is 15. The van der Waals surface area contributed by atoms with Crippen LogP contribution in [-0.2, 0) is 20.9 Å². The summed E-state index contributed by atoms with van der Waals surface area (Å²) in [5.74, 6) is 0. The molecule has 1 aliphatic rings. The Morgan fingerprint density at radius 2 is 1.10 bits per heavy atom. The molecule has 0 aromatic rings. The third-order valence-corrected chi connectivity index (χ3v) is 8.36. The van der Waals surface area contributed by atoms with Gasteiger partial charge in [0.15, 0.2) is 0 Å². The molecular formula is C24H49O2PS2. The molecular weight excluding hydrogens is 415 g/mol. The van der Waals surface area contributed by atoms with Crippen LogP contribution in [0.25, 0.3) is 0 Å². The van der Waals surface area contributed by atoms with E-state index in [9.17, 15) is 0 Å². The molecule has 174 valence electrons. The highest BCUT2D eigenvalue weighted by Gasteiger charge is 2.22. The molecule has 0 amide bonds. The van der Waals surface area contributed by atoms with Gasteiger partial charge in [0.05, 0.1) is 12.7 Å². The maximum absolute atomic E-state index is 5.98. The van der Waals surface area contributed by atoms with Gasteiger partial charge in [-0.25, -0.2) is 0 Å². The second-order valence-corrected chi connectivity index (χ2v) is 14.2. The van der Waals surface area contributed by atoms with Crippen LogP contribution in [0.2, 0.25) is 0 Å². The zero-order chi connectivity index (χ0) is 21.0. The largest absolute Gasteiger partial charge is 0.322 e. The molecule has 2 nitrogen and oxygen atoms in total. The zero-order valence-corrected chi connectivity index (χ0v) is 21.9. The first-order valence-electron chi connectivity index (χ1n) is 12.8. The fraction of sp³-hybridized carbons (Fsp3) is 1.00. The summed E-state index contributed by atoms with van der Waals surface area (Å²) in [5, 5.41) is 0. The first-order valence-corrected chi connectivity index (χ1v) is 16.6. The highest BCUT2D eigenvalue weighted by molar-refractivity contribution is 8.60. The minimum atomic E-state index is -2.32. The molecule has 0 radical (unpaired) electrons. The summed E-state index contributed by atoms with van der Waals surface area (Å²) in [6.07, 6.45) is 28.6. The second-order valence-electron chi connectivity index (χ2n) is 8.97. The molecule has 0 aliphatic heterocycles. The summed E-state index contributed by atoms with van der Waals surface area (Å²) >= 11 is 9.97. The highest BCUT2D eigenvalue weighted by Crippen LogP contribution is 2.55. The van der Waals surface area contributed by atoms with Gasteiger partial charge in [0, 0.05) is 0 Å². The minimum absolute atomic E-state index is 0.290. The normalized spacial score (nSPS) is 17.4. The summed E-state index contributed by atoms with van der Waals surface area (Å²) in [5.41, 5.74) is -2.32. The van der Waals surface area contributed by atoms with Gasteiger partial charge in [-0.15, -0.1) is 0 Å². The van der Waals surface area contributed by atoms with Gasteiger partial charge >= 0.3 is 0 Å². The smallest absolute Gasteiger partial charge is 0.244 e. The molecule has 29 heavy (non-hydrogen) atoms. The molecule has 5 heteroatoms. The van der Waals surface area contributed by atoms with Gasteiger partial charge in [-0.1, -0.05) is 135 Å². The first-order chi connectivity index (χ1) is 14.1. The van der Waals surface area contributed by atoms with Gasteiger partial charge in [0.25, 0.3) is 0 Å². The van der Waals surface area contributed by atoms with E-state index in [1.807, 2.05) is 0 Å². The molecule has 0 aromatic carbocycles. The maximum atomic E-state index is 5.98. The molecule has 1 unspecified atom stereocenters. The van der Waals surface area contributed by atoms with Crippen LogP contribution in [-0.4, -0.2) is 12.7 Å². The molecule has 0 heterocycles. The molecule has 1 rings (SSSR count). The van der Waals surface area contributed by atoms with Gasteiger partial charge in [0.1, 0.15) is 0 Å². The fourth-order valence-electron chi connectivity index (χ4n) is 4.22. The van der Waals surface area contributed by atoms with Crippen molar-refractivity contribution in [2.75, 3.05) is 6.61 Å². The average molecular weight is 465 g/mol. The van der Waals surface area contributed by atoms with Gasteiger partial charge < -0.3 is 9.05 Å². The van der Waals surface area contributed by atoms with E-state index in [0.717, 1.165) is 19.3 Å². The highest BCUT2D eigenvalue weighted by atomic mass is 32.9. The van der Waals surface area contributed by atoms with Crippen molar-refractivity contribution in [2.24, 2.45) is 0 Å². The van der Waals surface area contributed by atoms with E-state index in [1.165, 1.54) is 116 Å². The summed E-state index contributed by atoms with van der Waals surface area (Å²) in [6, 6.07) is 0. The number of hydrogen-bond acceptors (Lipinski definition) is 3. The third-order valence-electron chi connectivity index (χ3n) is 6.09. The number of thiol groups is 1. The minimum Gasteiger partial charge on any atom is -0.322 e. The van der Waals surface area contributed by atoms with E-state index in [-0.39, 0.29) is 6.10 Å². The molecule has 0 bridgehead atoms. The van der Waals surface area contributed by atoms with E-state index in [0.29, 0.717) is 6.61 Å². The van der Waals surface area contributed by atoms with Crippen molar-refractivity contribution in [1.29, 1.82) is 0 Å². The van der Waals surface area contributed by atoms with E-state index in [1.54, 1.807) is 0 Å². The molecule has 1 atom stereocenters. The number of rotatable bonds is 20. The summed E-state index contributed by atoms with van der Waals surface area (Å²) in [6.45, 7) is 3.00. The summed E-state index contributed by atoms with van der Waals surface area (Å²) < 4.78 is 11.8. The average Bonchev–Trinajstić information content (AvgIpc) is 2.70. The molecule has 0 N–H and O–H groups in total. The van der Waals surface area contributed by atoms with Crippen LogP contribution in [0.5, 0.6) is 0 Å². The predicted octanol–water partition coefficient (Wildman–Crippen LogP) is 9.77. The van der Waals surface area contributed by atoms with Crippen LogP contribution in [0.3, 0.4) is 0 Å². The van der Waals surface area contributed by atoms with E-state index in [2.05, 4.69) is 19.2 Å². The van der Waals surface area contributed by atoms with Crippen LogP contribution in [0.4, 0.5) is 0 Å². The fourth-order valence-corrected chi connectivity index (χ4v) is 6.46. The van der Waals surface area contributed by atoms with Crippen molar-refractivity contribution < 1.29 is 9.05 Å². The molecule has 0 aromatic heterocycles. The summed E-state index contributed by atoms with van der Waals surface area (Å²) in [7, 11) is 0. The van der Waals surface area contributed by atoms with Crippen molar-refractivity contribution in [3.8, 4) is 0 Å². The Morgan fingerprint density at radius 3 is 1.55 bits per heavy atom. The molecule has 1 aliphatic carbocycles. The Hall–Kier alpha value is 0.920. The maximum Gasteiger partial charge on any atom is 0.244 e. The standard InChI is InChI=1S/C24H49O2PS2/c1-2-3-4-5-6-7-8-9-10-11-12-13-14-15-16-20-23-25-27(28,29)26-24-21-18-17-19-22-24/h24H,2-23H2,1H3,(H,28,29). The molecule has 1 fully saturated rings. The Balaban J connectivity index is 1.78. The van der Waals surface area contributed by atoms with Crippen LogP contribution in [0, 0.1) is 0 Å². The van der Waals surface area contributed by atoms with Crippen molar-refractivity contribution >= 4 is 29.7 Å². The first kappa shape index (κ1) is 28.0. The van der Waals surface area contributed by atoms with Crippen LogP contribution in [0.15, 0.2) is 0 Å². The molecule has 0 spiro atoms. The molecule has 1 saturated carbocycles. The molecule has 0 saturated heterocycles.